The molecule has 2 heterocycles. The van der Waals surface area contributed by atoms with E-state index in [0.29, 0.717) is 11.7 Å². The van der Waals surface area contributed by atoms with Crippen molar-refractivity contribution in [2.45, 2.75) is 31.7 Å². The Hall–Kier alpha value is -1.29. The molecule has 3 nitrogen and oxygen atoms in total. The summed E-state index contributed by atoms with van der Waals surface area (Å²) in [6.45, 7) is 4.40. The number of benzene rings is 1. The number of nitrogen functional groups attached to an aromatic ring is 1. The van der Waals surface area contributed by atoms with E-state index in [1.54, 1.807) is 6.07 Å². The maximum atomic E-state index is 13.5. The molecule has 0 aliphatic carbocycles. The third-order valence-corrected chi connectivity index (χ3v) is 4.44. The summed E-state index contributed by atoms with van der Waals surface area (Å²) >= 11 is 0. The Morgan fingerprint density at radius 2 is 1.89 bits per heavy atom. The maximum absolute atomic E-state index is 13.5. The minimum Gasteiger partial charge on any atom is -0.395 e. The molecule has 2 aliphatic heterocycles. The van der Waals surface area contributed by atoms with Gasteiger partial charge in [-0.2, -0.15) is 0 Å². The molecule has 2 saturated heterocycles. The van der Waals surface area contributed by atoms with Crippen LogP contribution < -0.4 is 10.6 Å². The average molecular weight is 263 g/mol. The zero-order valence-corrected chi connectivity index (χ0v) is 11.3. The number of rotatable bonds is 2. The minimum absolute atomic E-state index is 0.293. The molecule has 0 amide bonds. The number of piperidine rings is 1. The molecule has 2 aliphatic rings. The van der Waals surface area contributed by atoms with Gasteiger partial charge in [-0.3, -0.25) is 4.90 Å². The highest BCUT2D eigenvalue weighted by Crippen LogP contribution is 2.30. The van der Waals surface area contributed by atoms with Crippen LogP contribution >= 0.6 is 0 Å². The molecule has 3 rings (SSSR count). The van der Waals surface area contributed by atoms with E-state index in [9.17, 15) is 4.39 Å². The molecule has 104 valence electrons. The summed E-state index contributed by atoms with van der Waals surface area (Å²) in [7, 11) is 0. The van der Waals surface area contributed by atoms with E-state index in [4.69, 9.17) is 5.73 Å². The fraction of sp³-hybridized carbons (Fsp3) is 0.600. The highest BCUT2D eigenvalue weighted by atomic mass is 19.1. The Balaban J connectivity index is 1.69. The van der Waals surface area contributed by atoms with Crippen molar-refractivity contribution in [3.05, 3.63) is 24.0 Å². The SMILES string of the molecule is Nc1c(F)cccc1N1CCC(N2CCCCC2)C1. The number of anilines is 2. The van der Waals surface area contributed by atoms with Crippen molar-refractivity contribution in [3.63, 3.8) is 0 Å². The Morgan fingerprint density at radius 3 is 2.68 bits per heavy atom. The predicted molar refractivity (Wildman–Crippen MR) is 76.9 cm³/mol. The lowest BCUT2D eigenvalue weighted by molar-refractivity contribution is 0.175. The lowest BCUT2D eigenvalue weighted by Gasteiger charge is -2.32. The summed E-state index contributed by atoms with van der Waals surface area (Å²) < 4.78 is 13.5. The number of hydrogen-bond acceptors (Lipinski definition) is 3. The van der Waals surface area contributed by atoms with Crippen LogP contribution in [0.25, 0.3) is 0 Å². The molecule has 4 heteroatoms. The van der Waals surface area contributed by atoms with Gasteiger partial charge in [-0.1, -0.05) is 12.5 Å². The van der Waals surface area contributed by atoms with Crippen molar-refractivity contribution in [2.24, 2.45) is 0 Å². The van der Waals surface area contributed by atoms with Crippen molar-refractivity contribution < 1.29 is 4.39 Å². The molecule has 1 aromatic rings. The molecule has 2 N–H and O–H groups in total. The standard InChI is InChI=1S/C15H22FN3/c16-13-5-4-6-14(15(13)17)19-10-7-12(11-19)18-8-2-1-3-9-18/h4-6,12H,1-3,7-11,17H2. The molecule has 19 heavy (non-hydrogen) atoms. The molecule has 0 aromatic heterocycles. The van der Waals surface area contributed by atoms with E-state index in [1.165, 1.54) is 38.4 Å². The van der Waals surface area contributed by atoms with Crippen LogP contribution in [-0.4, -0.2) is 37.1 Å². The van der Waals surface area contributed by atoms with Crippen LogP contribution in [-0.2, 0) is 0 Å². The van der Waals surface area contributed by atoms with Crippen LogP contribution in [0.15, 0.2) is 18.2 Å². The summed E-state index contributed by atoms with van der Waals surface area (Å²) in [5.74, 6) is -0.307. The molecule has 0 radical (unpaired) electrons. The van der Waals surface area contributed by atoms with Gasteiger partial charge in [-0.05, 0) is 44.5 Å². The van der Waals surface area contributed by atoms with Gasteiger partial charge in [-0.25, -0.2) is 4.39 Å². The lowest BCUT2D eigenvalue weighted by atomic mass is 10.1. The van der Waals surface area contributed by atoms with Gasteiger partial charge in [0.15, 0.2) is 0 Å². The molecular weight excluding hydrogens is 241 g/mol. The van der Waals surface area contributed by atoms with Crippen molar-refractivity contribution in [2.75, 3.05) is 36.8 Å². The van der Waals surface area contributed by atoms with Crippen molar-refractivity contribution in [3.8, 4) is 0 Å². The zero-order valence-electron chi connectivity index (χ0n) is 11.3. The predicted octanol–water partition coefficient (Wildman–Crippen LogP) is 2.47. The molecule has 1 unspecified atom stereocenters. The number of halogens is 1. The Bertz CT molecular complexity index is 443. The number of para-hydroxylation sites is 1. The van der Waals surface area contributed by atoms with Gasteiger partial charge in [0.25, 0.3) is 0 Å². The monoisotopic (exact) mass is 263 g/mol. The van der Waals surface area contributed by atoms with Crippen molar-refractivity contribution >= 4 is 11.4 Å². The van der Waals surface area contributed by atoms with Gasteiger partial charge in [0.05, 0.1) is 11.4 Å². The molecule has 1 atom stereocenters. The fourth-order valence-electron chi connectivity index (χ4n) is 3.34. The van der Waals surface area contributed by atoms with E-state index in [-0.39, 0.29) is 5.82 Å². The van der Waals surface area contributed by atoms with E-state index < -0.39 is 0 Å². The van der Waals surface area contributed by atoms with Gasteiger partial charge in [0, 0.05) is 19.1 Å². The Morgan fingerprint density at radius 1 is 1.11 bits per heavy atom. The summed E-state index contributed by atoms with van der Waals surface area (Å²) in [4.78, 5) is 4.83. The van der Waals surface area contributed by atoms with Gasteiger partial charge < -0.3 is 10.6 Å². The summed E-state index contributed by atoms with van der Waals surface area (Å²) in [6.07, 6.45) is 5.16. The zero-order chi connectivity index (χ0) is 13.2. The first kappa shape index (κ1) is 12.7. The maximum Gasteiger partial charge on any atom is 0.148 e. The van der Waals surface area contributed by atoms with E-state index in [1.807, 2.05) is 6.07 Å². The summed E-state index contributed by atoms with van der Waals surface area (Å²) in [5, 5.41) is 0. The molecule has 1 aromatic carbocycles. The van der Waals surface area contributed by atoms with E-state index in [2.05, 4.69) is 9.80 Å². The van der Waals surface area contributed by atoms with Gasteiger partial charge in [-0.15, -0.1) is 0 Å². The van der Waals surface area contributed by atoms with Gasteiger partial charge in [0.2, 0.25) is 0 Å². The molecule has 2 fully saturated rings. The van der Waals surface area contributed by atoms with Gasteiger partial charge in [0.1, 0.15) is 5.82 Å². The second-order valence-electron chi connectivity index (χ2n) is 5.66. The van der Waals surface area contributed by atoms with Gasteiger partial charge >= 0.3 is 0 Å². The third kappa shape index (κ3) is 2.54. The second kappa shape index (κ2) is 5.37. The number of nitrogens with zero attached hydrogens (tertiary/aromatic N) is 2. The van der Waals surface area contributed by atoms with Crippen LogP contribution in [0.5, 0.6) is 0 Å². The fourth-order valence-corrected chi connectivity index (χ4v) is 3.34. The highest BCUT2D eigenvalue weighted by Gasteiger charge is 2.29. The first-order valence-corrected chi connectivity index (χ1v) is 7.28. The summed E-state index contributed by atoms with van der Waals surface area (Å²) in [5.41, 5.74) is 7.01. The average Bonchev–Trinajstić information content (AvgIpc) is 2.92. The molecular formula is C15H22FN3. The number of hydrogen-bond donors (Lipinski definition) is 1. The lowest BCUT2D eigenvalue weighted by Crippen LogP contribution is -2.40. The quantitative estimate of drug-likeness (QED) is 0.832. The van der Waals surface area contributed by atoms with Crippen LogP contribution in [0.4, 0.5) is 15.8 Å². The smallest absolute Gasteiger partial charge is 0.148 e. The van der Waals surface area contributed by atoms with Crippen LogP contribution in [0, 0.1) is 5.82 Å². The molecule has 0 spiro atoms. The Labute approximate surface area is 114 Å². The molecule has 0 bridgehead atoms. The normalized spacial score (nSPS) is 24.9. The van der Waals surface area contributed by atoms with Crippen LogP contribution in [0.3, 0.4) is 0 Å². The first-order chi connectivity index (χ1) is 9.25. The molecule has 0 saturated carbocycles. The third-order valence-electron chi connectivity index (χ3n) is 4.44. The topological polar surface area (TPSA) is 32.5 Å². The minimum atomic E-state index is -0.307. The number of likely N-dealkylation sites (tertiary alicyclic amines) is 1. The van der Waals surface area contributed by atoms with E-state index in [0.717, 1.165) is 25.2 Å². The van der Waals surface area contributed by atoms with Crippen molar-refractivity contribution in [1.82, 2.24) is 4.90 Å². The number of nitrogens with two attached hydrogens (primary N) is 1. The van der Waals surface area contributed by atoms with Crippen LogP contribution in [0.2, 0.25) is 0 Å². The summed E-state index contributed by atoms with van der Waals surface area (Å²) in [6, 6.07) is 5.71. The largest absolute Gasteiger partial charge is 0.395 e. The first-order valence-electron chi connectivity index (χ1n) is 7.28. The highest BCUT2D eigenvalue weighted by molar-refractivity contribution is 5.68. The van der Waals surface area contributed by atoms with Crippen LogP contribution in [0.1, 0.15) is 25.7 Å². The second-order valence-corrected chi connectivity index (χ2v) is 5.66. The van der Waals surface area contributed by atoms with E-state index >= 15 is 0 Å². The van der Waals surface area contributed by atoms with Crippen molar-refractivity contribution in [1.29, 1.82) is 0 Å². The Kier molecular flexibility index (Phi) is 3.60.